The Morgan fingerprint density at radius 3 is 2.36 bits per heavy atom. The van der Waals surface area contributed by atoms with E-state index in [1.807, 2.05) is 0 Å². The molecular weight excluding hydrogens is 296 g/mol. The SMILES string of the molecule is CCC1(CO)CCN(CC(=O)Nc2sc(C)c(C)c2C)CC1. The molecule has 2 heterocycles. The number of thiophene rings is 1. The van der Waals surface area contributed by atoms with Gasteiger partial charge < -0.3 is 10.4 Å². The number of rotatable bonds is 5. The van der Waals surface area contributed by atoms with Crippen molar-refractivity contribution in [3.05, 3.63) is 16.0 Å². The van der Waals surface area contributed by atoms with Gasteiger partial charge in [0.05, 0.1) is 11.5 Å². The maximum atomic E-state index is 12.3. The molecule has 0 saturated carbocycles. The molecule has 0 bridgehead atoms. The lowest BCUT2D eigenvalue weighted by molar-refractivity contribution is -0.118. The van der Waals surface area contributed by atoms with Crippen molar-refractivity contribution in [1.82, 2.24) is 4.90 Å². The van der Waals surface area contributed by atoms with Crippen molar-refractivity contribution in [3.63, 3.8) is 0 Å². The van der Waals surface area contributed by atoms with Gasteiger partial charge in [-0.2, -0.15) is 0 Å². The first-order valence-corrected chi connectivity index (χ1v) is 8.92. The fourth-order valence-electron chi connectivity index (χ4n) is 3.04. The average Bonchev–Trinajstić information content (AvgIpc) is 2.75. The van der Waals surface area contributed by atoms with Crippen molar-refractivity contribution in [1.29, 1.82) is 0 Å². The van der Waals surface area contributed by atoms with Crippen molar-refractivity contribution in [2.24, 2.45) is 5.41 Å². The van der Waals surface area contributed by atoms with E-state index in [9.17, 15) is 9.90 Å². The Labute approximate surface area is 137 Å². The molecule has 2 N–H and O–H groups in total. The summed E-state index contributed by atoms with van der Waals surface area (Å²) in [6, 6.07) is 0. The molecule has 4 nitrogen and oxygen atoms in total. The first-order valence-electron chi connectivity index (χ1n) is 8.10. The lowest BCUT2D eigenvalue weighted by Crippen LogP contribution is -2.44. The van der Waals surface area contributed by atoms with E-state index in [1.165, 1.54) is 16.0 Å². The number of aliphatic hydroxyl groups excluding tert-OH is 1. The predicted octanol–water partition coefficient (Wildman–Crippen LogP) is 3.10. The van der Waals surface area contributed by atoms with Gasteiger partial charge in [0.1, 0.15) is 0 Å². The van der Waals surface area contributed by atoms with Gasteiger partial charge in [-0.1, -0.05) is 6.92 Å². The van der Waals surface area contributed by atoms with Gasteiger partial charge in [-0.15, -0.1) is 11.3 Å². The fraction of sp³-hybridized carbons (Fsp3) is 0.706. The van der Waals surface area contributed by atoms with E-state index in [1.54, 1.807) is 11.3 Å². The molecule has 1 aliphatic heterocycles. The number of hydrogen-bond donors (Lipinski definition) is 2. The molecule has 2 rings (SSSR count). The highest BCUT2D eigenvalue weighted by atomic mass is 32.1. The number of anilines is 1. The molecule has 0 spiro atoms. The Morgan fingerprint density at radius 1 is 1.27 bits per heavy atom. The van der Waals surface area contributed by atoms with E-state index < -0.39 is 0 Å². The summed E-state index contributed by atoms with van der Waals surface area (Å²) in [6.07, 6.45) is 2.96. The highest BCUT2D eigenvalue weighted by molar-refractivity contribution is 7.16. The predicted molar refractivity (Wildman–Crippen MR) is 92.6 cm³/mol. The first-order chi connectivity index (χ1) is 10.4. The van der Waals surface area contributed by atoms with E-state index in [0.29, 0.717) is 6.54 Å². The fourth-order valence-corrected chi connectivity index (χ4v) is 4.12. The topological polar surface area (TPSA) is 52.6 Å². The van der Waals surface area contributed by atoms with Crippen LogP contribution in [0.2, 0.25) is 0 Å². The van der Waals surface area contributed by atoms with Crippen LogP contribution in [-0.2, 0) is 4.79 Å². The number of hydrogen-bond acceptors (Lipinski definition) is 4. The molecule has 5 heteroatoms. The van der Waals surface area contributed by atoms with Crippen molar-refractivity contribution < 1.29 is 9.90 Å². The van der Waals surface area contributed by atoms with Gasteiger partial charge in [0.25, 0.3) is 0 Å². The van der Waals surface area contributed by atoms with Crippen LogP contribution in [-0.4, -0.2) is 42.2 Å². The molecule has 1 aromatic heterocycles. The van der Waals surface area contributed by atoms with Crippen molar-refractivity contribution in [3.8, 4) is 0 Å². The number of carbonyl (C=O) groups is 1. The van der Waals surface area contributed by atoms with Crippen molar-refractivity contribution in [2.45, 2.75) is 47.0 Å². The quantitative estimate of drug-likeness (QED) is 0.875. The zero-order chi connectivity index (χ0) is 16.3. The van der Waals surface area contributed by atoms with Crippen LogP contribution in [0.15, 0.2) is 0 Å². The maximum Gasteiger partial charge on any atom is 0.239 e. The highest BCUT2D eigenvalue weighted by Crippen LogP contribution is 2.34. The summed E-state index contributed by atoms with van der Waals surface area (Å²) in [5, 5.41) is 13.6. The Balaban J connectivity index is 1.87. The molecule has 1 amide bonds. The molecule has 1 saturated heterocycles. The van der Waals surface area contributed by atoms with Gasteiger partial charge in [0.2, 0.25) is 5.91 Å². The number of piperidine rings is 1. The third-order valence-electron chi connectivity index (χ3n) is 5.31. The van der Waals surface area contributed by atoms with Gasteiger partial charge in [0, 0.05) is 11.5 Å². The molecule has 0 radical (unpaired) electrons. The molecule has 0 aliphatic carbocycles. The minimum atomic E-state index is 0.0670. The van der Waals surface area contributed by atoms with Crippen LogP contribution >= 0.6 is 11.3 Å². The van der Waals surface area contributed by atoms with Gasteiger partial charge in [-0.3, -0.25) is 9.69 Å². The molecular formula is C17H28N2O2S. The average molecular weight is 324 g/mol. The van der Waals surface area contributed by atoms with Gasteiger partial charge in [-0.05, 0) is 69.7 Å². The summed E-state index contributed by atoms with van der Waals surface area (Å²) >= 11 is 1.65. The summed E-state index contributed by atoms with van der Waals surface area (Å²) in [5.41, 5.74) is 2.53. The van der Waals surface area contributed by atoms with Crippen LogP contribution in [0.5, 0.6) is 0 Å². The van der Waals surface area contributed by atoms with E-state index in [4.69, 9.17) is 0 Å². The lowest BCUT2D eigenvalue weighted by Gasteiger charge is -2.39. The minimum Gasteiger partial charge on any atom is -0.396 e. The van der Waals surface area contributed by atoms with E-state index in [2.05, 4.69) is 37.9 Å². The highest BCUT2D eigenvalue weighted by Gasteiger charge is 2.32. The van der Waals surface area contributed by atoms with Crippen molar-refractivity contribution >= 4 is 22.2 Å². The van der Waals surface area contributed by atoms with Gasteiger partial charge >= 0.3 is 0 Å². The van der Waals surface area contributed by atoms with Crippen LogP contribution < -0.4 is 5.32 Å². The standard InChI is InChI=1S/C17H28N2O2S/c1-5-17(11-20)6-8-19(9-7-17)10-15(21)18-16-13(3)12(2)14(4)22-16/h20H,5-11H2,1-4H3,(H,18,21). The summed E-state index contributed by atoms with van der Waals surface area (Å²) in [6.45, 7) is 10.9. The third kappa shape index (κ3) is 3.70. The van der Waals surface area contributed by atoms with Crippen LogP contribution in [0.25, 0.3) is 0 Å². The zero-order valence-electron chi connectivity index (χ0n) is 14.2. The molecule has 1 fully saturated rings. The summed E-state index contributed by atoms with van der Waals surface area (Å²) < 4.78 is 0. The normalized spacial score (nSPS) is 18.4. The Morgan fingerprint density at radius 2 is 1.91 bits per heavy atom. The second kappa shape index (κ2) is 7.11. The van der Waals surface area contributed by atoms with Crippen molar-refractivity contribution in [2.75, 3.05) is 31.6 Å². The second-order valence-corrected chi connectivity index (χ2v) is 7.80. The summed E-state index contributed by atoms with van der Waals surface area (Å²) in [7, 11) is 0. The van der Waals surface area contributed by atoms with Crippen LogP contribution in [0, 0.1) is 26.2 Å². The van der Waals surface area contributed by atoms with E-state index in [0.717, 1.165) is 37.4 Å². The third-order valence-corrected chi connectivity index (χ3v) is 6.53. The number of carbonyl (C=O) groups excluding carboxylic acids is 1. The number of amides is 1. The number of aliphatic hydroxyl groups is 1. The molecule has 0 atom stereocenters. The van der Waals surface area contributed by atoms with Crippen LogP contribution in [0.3, 0.4) is 0 Å². The molecule has 1 aliphatic rings. The Bertz CT molecular complexity index is 525. The minimum absolute atomic E-state index is 0.0670. The van der Waals surface area contributed by atoms with Crippen LogP contribution in [0.1, 0.15) is 42.2 Å². The largest absolute Gasteiger partial charge is 0.396 e. The zero-order valence-corrected chi connectivity index (χ0v) is 15.0. The Hall–Kier alpha value is -0.910. The molecule has 124 valence electrons. The molecule has 0 aromatic carbocycles. The summed E-state index contributed by atoms with van der Waals surface area (Å²) in [4.78, 5) is 15.7. The smallest absolute Gasteiger partial charge is 0.239 e. The number of likely N-dealkylation sites (tertiary alicyclic amines) is 1. The monoisotopic (exact) mass is 324 g/mol. The maximum absolute atomic E-state index is 12.3. The van der Waals surface area contributed by atoms with E-state index >= 15 is 0 Å². The second-order valence-electron chi connectivity index (χ2n) is 6.57. The lowest BCUT2D eigenvalue weighted by atomic mass is 9.77. The van der Waals surface area contributed by atoms with E-state index in [-0.39, 0.29) is 17.9 Å². The number of nitrogens with one attached hydrogen (secondary N) is 1. The number of nitrogens with zero attached hydrogens (tertiary/aromatic N) is 1. The Kier molecular flexibility index (Phi) is 5.64. The summed E-state index contributed by atoms with van der Waals surface area (Å²) in [5.74, 6) is 0.0670. The van der Waals surface area contributed by atoms with Crippen LogP contribution in [0.4, 0.5) is 5.00 Å². The molecule has 0 unspecified atom stereocenters. The molecule has 22 heavy (non-hydrogen) atoms. The molecule has 1 aromatic rings. The van der Waals surface area contributed by atoms with Gasteiger partial charge in [0.15, 0.2) is 0 Å². The van der Waals surface area contributed by atoms with Gasteiger partial charge in [-0.25, -0.2) is 0 Å². The number of aryl methyl sites for hydroxylation is 1. The first kappa shape index (κ1) is 17.4.